The summed E-state index contributed by atoms with van der Waals surface area (Å²) in [6, 6.07) is 3.54. The Morgan fingerprint density at radius 1 is 1.38 bits per heavy atom. The van der Waals surface area contributed by atoms with E-state index in [1.165, 1.54) is 0 Å². The lowest BCUT2D eigenvalue weighted by atomic mass is 9.74. The molecule has 2 heterocycles. The number of aliphatic hydroxyl groups is 1. The number of likely N-dealkylation sites (tertiary alicyclic amines) is 1. The van der Waals surface area contributed by atoms with Crippen molar-refractivity contribution in [2.24, 2.45) is 5.92 Å². The van der Waals surface area contributed by atoms with Gasteiger partial charge in [-0.15, -0.1) is 0 Å². The average Bonchev–Trinajstić information content (AvgIpc) is 2.54. The summed E-state index contributed by atoms with van der Waals surface area (Å²) < 4.78 is 16.3. The molecule has 0 amide bonds. The van der Waals surface area contributed by atoms with E-state index in [2.05, 4.69) is 18.8 Å². The molecule has 0 aromatic carbocycles. The number of methoxy groups -OCH3 is 2. The summed E-state index contributed by atoms with van der Waals surface area (Å²) in [7, 11) is 3.19. The Labute approximate surface area is 148 Å². The van der Waals surface area contributed by atoms with Gasteiger partial charge in [0, 0.05) is 43.6 Å². The predicted octanol–water partition coefficient (Wildman–Crippen LogP) is 2.29. The smallest absolute Gasteiger partial charge is 0.147 e. The summed E-state index contributed by atoms with van der Waals surface area (Å²) in [4.78, 5) is 6.27. The van der Waals surface area contributed by atoms with Gasteiger partial charge in [-0.2, -0.15) is 0 Å². The van der Waals surface area contributed by atoms with E-state index in [-0.39, 0.29) is 12.8 Å². The Bertz CT molecular complexity index is 531. The van der Waals surface area contributed by atoms with Crippen molar-refractivity contribution in [3.63, 3.8) is 0 Å². The minimum atomic E-state index is -0.795. The molecular formula is C17H27ClN2O4. The molecule has 24 heavy (non-hydrogen) atoms. The molecule has 136 valence electrons. The van der Waals surface area contributed by atoms with Gasteiger partial charge < -0.3 is 19.3 Å². The maximum absolute atomic E-state index is 10.8. The van der Waals surface area contributed by atoms with E-state index in [1.54, 1.807) is 32.5 Å². The Morgan fingerprint density at radius 2 is 2.12 bits per heavy atom. The second kappa shape index (κ2) is 8.56. The second-order valence-corrected chi connectivity index (χ2v) is 7.04. The van der Waals surface area contributed by atoms with E-state index < -0.39 is 11.8 Å². The highest BCUT2D eigenvalue weighted by atomic mass is 35.5. The standard InChI is InChI=1S/C17H27ClN2O4/c1-12(2)7-15-17(24-11-23-4,16(21)20(15)10-22-3)9-14-8-13(18)5-6-19-14/h5-6,8,12,15-16,21H,7,9-11H2,1-4H3/t15-,16?,17+/m0/s1. The third-order valence-corrected chi connectivity index (χ3v) is 4.61. The van der Waals surface area contributed by atoms with Gasteiger partial charge in [-0.3, -0.25) is 4.98 Å². The first kappa shape index (κ1) is 19.6. The number of aliphatic hydroxyl groups excluding tert-OH is 1. The van der Waals surface area contributed by atoms with Crippen LogP contribution in [0.1, 0.15) is 26.0 Å². The molecule has 1 aromatic rings. The molecule has 3 atom stereocenters. The fourth-order valence-corrected chi connectivity index (χ4v) is 3.52. The van der Waals surface area contributed by atoms with E-state index in [0.29, 0.717) is 24.1 Å². The molecule has 2 rings (SSSR count). The monoisotopic (exact) mass is 358 g/mol. The van der Waals surface area contributed by atoms with Crippen molar-refractivity contribution < 1.29 is 19.3 Å². The molecule has 1 aliphatic heterocycles. The quantitative estimate of drug-likeness (QED) is 0.683. The number of hydrogen-bond donors (Lipinski definition) is 1. The van der Waals surface area contributed by atoms with E-state index >= 15 is 0 Å². The lowest BCUT2D eigenvalue weighted by molar-refractivity contribution is -0.332. The fourth-order valence-electron chi connectivity index (χ4n) is 3.34. The molecule has 1 unspecified atom stereocenters. The Morgan fingerprint density at radius 3 is 2.71 bits per heavy atom. The van der Waals surface area contributed by atoms with Crippen LogP contribution < -0.4 is 0 Å². The summed E-state index contributed by atoms with van der Waals surface area (Å²) in [5.74, 6) is 0.444. The molecule has 0 bridgehead atoms. The Balaban J connectivity index is 2.29. The van der Waals surface area contributed by atoms with Gasteiger partial charge in [0.05, 0.1) is 0 Å². The first-order valence-corrected chi connectivity index (χ1v) is 8.48. The highest BCUT2D eigenvalue weighted by molar-refractivity contribution is 6.30. The lowest BCUT2D eigenvalue weighted by Crippen LogP contribution is -2.78. The van der Waals surface area contributed by atoms with E-state index in [4.69, 9.17) is 25.8 Å². The van der Waals surface area contributed by atoms with Gasteiger partial charge in [0.1, 0.15) is 25.4 Å². The number of aromatic nitrogens is 1. The van der Waals surface area contributed by atoms with Crippen molar-refractivity contribution in [2.45, 2.75) is 44.6 Å². The summed E-state index contributed by atoms with van der Waals surface area (Å²) in [5.41, 5.74) is -0.0142. The first-order valence-electron chi connectivity index (χ1n) is 8.10. The topological polar surface area (TPSA) is 64.0 Å². The van der Waals surface area contributed by atoms with Crippen LogP contribution in [0.5, 0.6) is 0 Å². The Hall–Kier alpha value is -0.760. The zero-order chi connectivity index (χ0) is 17.7. The van der Waals surface area contributed by atoms with Gasteiger partial charge in [-0.1, -0.05) is 25.4 Å². The van der Waals surface area contributed by atoms with Crippen LogP contribution in [0.3, 0.4) is 0 Å². The van der Waals surface area contributed by atoms with Crippen LogP contribution in [-0.4, -0.2) is 60.6 Å². The molecule has 1 saturated heterocycles. The molecule has 0 aliphatic carbocycles. The fraction of sp³-hybridized carbons (Fsp3) is 0.706. The van der Waals surface area contributed by atoms with Crippen LogP contribution in [0.2, 0.25) is 5.02 Å². The highest BCUT2D eigenvalue weighted by Crippen LogP contribution is 2.43. The molecule has 0 saturated carbocycles. The third kappa shape index (κ3) is 4.07. The van der Waals surface area contributed by atoms with Gasteiger partial charge >= 0.3 is 0 Å². The van der Waals surface area contributed by atoms with Crippen molar-refractivity contribution in [1.29, 1.82) is 0 Å². The van der Waals surface area contributed by atoms with Crippen molar-refractivity contribution in [2.75, 3.05) is 27.7 Å². The van der Waals surface area contributed by atoms with Crippen molar-refractivity contribution in [3.8, 4) is 0 Å². The van der Waals surface area contributed by atoms with Crippen molar-refractivity contribution in [3.05, 3.63) is 29.0 Å². The predicted molar refractivity (Wildman–Crippen MR) is 91.6 cm³/mol. The van der Waals surface area contributed by atoms with Gasteiger partial charge in [-0.25, -0.2) is 4.90 Å². The molecule has 0 spiro atoms. The van der Waals surface area contributed by atoms with Crippen molar-refractivity contribution >= 4 is 11.6 Å². The zero-order valence-electron chi connectivity index (χ0n) is 14.7. The third-order valence-electron chi connectivity index (χ3n) is 4.37. The van der Waals surface area contributed by atoms with Crippen molar-refractivity contribution in [1.82, 2.24) is 9.88 Å². The average molecular weight is 359 g/mol. The molecule has 1 aromatic heterocycles. The molecule has 0 radical (unpaired) electrons. The van der Waals surface area contributed by atoms with E-state index in [0.717, 1.165) is 12.1 Å². The number of hydrogen-bond acceptors (Lipinski definition) is 6. The maximum Gasteiger partial charge on any atom is 0.147 e. The number of ether oxygens (including phenoxy) is 3. The number of halogens is 1. The summed E-state index contributed by atoms with van der Waals surface area (Å²) in [6.45, 7) is 4.75. The van der Waals surface area contributed by atoms with Gasteiger partial charge in [0.25, 0.3) is 0 Å². The van der Waals surface area contributed by atoms with Crippen LogP contribution in [0, 0.1) is 5.92 Å². The number of rotatable bonds is 9. The van der Waals surface area contributed by atoms with Crippen LogP contribution in [0.4, 0.5) is 0 Å². The van der Waals surface area contributed by atoms with Crippen LogP contribution in [0.15, 0.2) is 18.3 Å². The molecule has 6 nitrogen and oxygen atoms in total. The maximum atomic E-state index is 10.8. The van der Waals surface area contributed by atoms with Crippen LogP contribution in [0.25, 0.3) is 0 Å². The normalized spacial score (nSPS) is 27.5. The first-order chi connectivity index (χ1) is 11.4. The minimum Gasteiger partial charge on any atom is -0.375 e. The van der Waals surface area contributed by atoms with E-state index in [9.17, 15) is 5.11 Å². The van der Waals surface area contributed by atoms with Gasteiger partial charge in [0.15, 0.2) is 0 Å². The molecular weight excluding hydrogens is 332 g/mol. The van der Waals surface area contributed by atoms with Gasteiger partial charge in [-0.05, 0) is 24.5 Å². The van der Waals surface area contributed by atoms with Crippen LogP contribution in [-0.2, 0) is 20.6 Å². The molecule has 7 heteroatoms. The number of nitrogens with zero attached hydrogens (tertiary/aromatic N) is 2. The summed E-state index contributed by atoms with van der Waals surface area (Å²) in [6.07, 6.45) is 2.19. The minimum absolute atomic E-state index is 0.00313. The lowest BCUT2D eigenvalue weighted by Gasteiger charge is -2.60. The molecule has 1 aliphatic rings. The number of pyridine rings is 1. The van der Waals surface area contributed by atoms with E-state index in [1.807, 2.05) is 4.90 Å². The SMILES string of the molecule is COCO[C@@]1(Cc2cc(Cl)ccn2)C(O)N(COC)[C@H]1CC(C)C. The zero-order valence-corrected chi connectivity index (χ0v) is 15.5. The largest absolute Gasteiger partial charge is 0.375 e. The van der Waals surface area contributed by atoms with Crippen LogP contribution >= 0.6 is 11.6 Å². The molecule has 1 fully saturated rings. The molecule has 1 N–H and O–H groups in total. The second-order valence-electron chi connectivity index (χ2n) is 6.60. The Kier molecular flexibility index (Phi) is 6.98. The highest BCUT2D eigenvalue weighted by Gasteiger charge is 2.61. The summed E-state index contributed by atoms with van der Waals surface area (Å²) in [5, 5.41) is 11.4. The summed E-state index contributed by atoms with van der Waals surface area (Å²) >= 11 is 6.08. The van der Waals surface area contributed by atoms with Gasteiger partial charge in [0.2, 0.25) is 0 Å².